The predicted octanol–water partition coefficient (Wildman–Crippen LogP) is 4.96. The number of rotatable bonds is 3. The number of hydrogen-bond acceptors (Lipinski definition) is 5. The molecule has 0 saturated heterocycles. The summed E-state index contributed by atoms with van der Waals surface area (Å²) >= 11 is 9.14. The Morgan fingerprint density at radius 3 is 2.57 bits per heavy atom. The smallest absolute Gasteiger partial charge is 0.207 e. The van der Waals surface area contributed by atoms with Crippen molar-refractivity contribution in [3.05, 3.63) is 58.4 Å². The molecule has 0 aliphatic carbocycles. The summed E-state index contributed by atoms with van der Waals surface area (Å²) in [6.07, 6.45) is 1.90. The second-order valence-corrected chi connectivity index (χ2v) is 7.07. The van der Waals surface area contributed by atoms with Crippen LogP contribution in [0.15, 0.2) is 53.4 Å². The number of nitrogen functional groups attached to an aromatic ring is 1. The van der Waals surface area contributed by atoms with Gasteiger partial charge < -0.3 is 5.73 Å². The molecule has 0 saturated carbocycles. The van der Waals surface area contributed by atoms with Crippen molar-refractivity contribution in [2.45, 2.75) is 0 Å². The highest BCUT2D eigenvalue weighted by Gasteiger charge is 2.12. The molecule has 23 heavy (non-hydrogen) atoms. The van der Waals surface area contributed by atoms with E-state index in [2.05, 4.69) is 16.0 Å². The van der Waals surface area contributed by atoms with Crippen LogP contribution in [0.4, 0.5) is 5.95 Å². The number of thiazole rings is 1. The van der Waals surface area contributed by atoms with E-state index in [1.165, 1.54) is 0 Å². The quantitative estimate of drug-likeness (QED) is 0.563. The van der Waals surface area contributed by atoms with Crippen LogP contribution in [-0.2, 0) is 0 Å². The van der Waals surface area contributed by atoms with Gasteiger partial charge in [-0.15, -0.1) is 22.7 Å². The first kappa shape index (κ1) is 14.4. The van der Waals surface area contributed by atoms with Gasteiger partial charge in [-0.1, -0.05) is 29.8 Å². The molecule has 4 aromatic rings. The van der Waals surface area contributed by atoms with Crippen LogP contribution in [0.1, 0.15) is 0 Å². The Hall–Kier alpha value is -2.15. The van der Waals surface area contributed by atoms with E-state index in [-0.39, 0.29) is 0 Å². The van der Waals surface area contributed by atoms with E-state index < -0.39 is 0 Å². The summed E-state index contributed by atoms with van der Waals surface area (Å²) in [5, 5.41) is 5.57. The number of hydrogen-bond donors (Lipinski definition) is 1. The van der Waals surface area contributed by atoms with Crippen LogP contribution >= 0.6 is 34.3 Å². The topological polar surface area (TPSA) is 56.7 Å². The number of benzene rings is 1. The molecule has 4 rings (SSSR count). The average molecular weight is 359 g/mol. The fourth-order valence-electron chi connectivity index (χ4n) is 2.22. The lowest BCUT2D eigenvalue weighted by Gasteiger charge is -1.97. The lowest BCUT2D eigenvalue weighted by Crippen LogP contribution is -1.98. The third kappa shape index (κ3) is 2.76. The van der Waals surface area contributed by atoms with Crippen molar-refractivity contribution in [2.24, 2.45) is 0 Å². The van der Waals surface area contributed by atoms with E-state index in [4.69, 9.17) is 17.3 Å². The first-order valence-electron chi connectivity index (χ1n) is 6.81. The minimum absolute atomic E-state index is 0.419. The van der Waals surface area contributed by atoms with Gasteiger partial charge in [0.15, 0.2) is 5.13 Å². The van der Waals surface area contributed by atoms with Crippen molar-refractivity contribution in [1.82, 2.24) is 14.5 Å². The number of thiophene rings is 1. The highest BCUT2D eigenvalue weighted by Crippen LogP contribution is 2.30. The molecule has 114 valence electrons. The number of nitrogens with two attached hydrogens (primary N) is 1. The van der Waals surface area contributed by atoms with Gasteiger partial charge in [0.05, 0.1) is 16.3 Å². The summed E-state index contributed by atoms with van der Waals surface area (Å²) in [4.78, 5) is 10.2. The van der Waals surface area contributed by atoms with Crippen LogP contribution in [0.25, 0.3) is 27.0 Å². The summed E-state index contributed by atoms with van der Waals surface area (Å²) in [6.45, 7) is 0. The van der Waals surface area contributed by atoms with Crippen molar-refractivity contribution in [3.63, 3.8) is 0 Å². The predicted molar refractivity (Wildman–Crippen MR) is 97.4 cm³/mol. The standard InChI is InChI=1S/C16H11ClN4S2/c17-11-5-3-10(4-6-11)12-8-21(15(18)19-12)16-20-13(9-23-16)14-2-1-7-22-14/h1-9H,(H2,18,19). The van der Waals surface area contributed by atoms with E-state index in [9.17, 15) is 0 Å². The summed E-state index contributed by atoms with van der Waals surface area (Å²) in [6, 6.07) is 11.6. The molecule has 2 N–H and O–H groups in total. The second-order valence-electron chi connectivity index (χ2n) is 4.85. The van der Waals surface area contributed by atoms with Crippen LogP contribution in [0.3, 0.4) is 0 Å². The van der Waals surface area contributed by atoms with E-state index in [0.717, 1.165) is 27.0 Å². The van der Waals surface area contributed by atoms with Crippen LogP contribution in [0.2, 0.25) is 5.02 Å². The van der Waals surface area contributed by atoms with E-state index in [1.54, 1.807) is 22.7 Å². The van der Waals surface area contributed by atoms with Crippen molar-refractivity contribution >= 4 is 40.2 Å². The fraction of sp³-hybridized carbons (Fsp3) is 0. The molecule has 1 aromatic carbocycles. The van der Waals surface area contributed by atoms with Gasteiger partial charge in [0, 0.05) is 22.2 Å². The van der Waals surface area contributed by atoms with Gasteiger partial charge in [-0.3, -0.25) is 4.57 Å². The first-order valence-corrected chi connectivity index (χ1v) is 8.95. The Morgan fingerprint density at radius 2 is 1.83 bits per heavy atom. The Bertz CT molecular complexity index is 939. The third-order valence-corrected chi connectivity index (χ3v) is 5.33. The van der Waals surface area contributed by atoms with Crippen molar-refractivity contribution < 1.29 is 0 Å². The van der Waals surface area contributed by atoms with Crippen LogP contribution in [0.5, 0.6) is 0 Å². The number of halogens is 1. The molecule has 0 amide bonds. The molecular weight excluding hydrogens is 348 g/mol. The summed E-state index contributed by atoms with van der Waals surface area (Å²) in [5.74, 6) is 0.419. The van der Waals surface area contributed by atoms with Crippen LogP contribution in [-0.4, -0.2) is 14.5 Å². The molecule has 7 heteroatoms. The fourth-order valence-corrected chi connectivity index (χ4v) is 3.91. The zero-order valence-corrected chi connectivity index (χ0v) is 14.2. The minimum Gasteiger partial charge on any atom is -0.369 e. The highest BCUT2D eigenvalue weighted by atomic mass is 35.5. The van der Waals surface area contributed by atoms with Gasteiger partial charge >= 0.3 is 0 Å². The van der Waals surface area contributed by atoms with E-state index >= 15 is 0 Å². The number of aromatic nitrogens is 3. The van der Waals surface area contributed by atoms with Crippen LogP contribution in [0, 0.1) is 0 Å². The molecular formula is C16H11ClN4S2. The second kappa shape index (κ2) is 5.81. The maximum Gasteiger partial charge on any atom is 0.207 e. The Labute approximate surface area is 145 Å². The molecule has 0 unspecified atom stereocenters. The van der Waals surface area contributed by atoms with E-state index in [1.807, 2.05) is 51.9 Å². The Balaban J connectivity index is 1.71. The molecule has 3 aromatic heterocycles. The molecule has 0 aliphatic rings. The summed E-state index contributed by atoms with van der Waals surface area (Å²) in [7, 11) is 0. The number of anilines is 1. The normalized spacial score (nSPS) is 11.0. The SMILES string of the molecule is Nc1nc(-c2ccc(Cl)cc2)cn1-c1nc(-c2cccs2)cs1. The zero-order chi connectivity index (χ0) is 15.8. The molecule has 0 aliphatic heterocycles. The molecule has 0 radical (unpaired) electrons. The maximum absolute atomic E-state index is 6.06. The molecule has 0 spiro atoms. The van der Waals surface area contributed by atoms with Crippen molar-refractivity contribution in [3.8, 4) is 27.0 Å². The van der Waals surface area contributed by atoms with Crippen molar-refractivity contribution in [2.75, 3.05) is 5.73 Å². The van der Waals surface area contributed by atoms with Gasteiger partial charge in [-0.05, 0) is 23.6 Å². The largest absolute Gasteiger partial charge is 0.369 e. The zero-order valence-electron chi connectivity index (χ0n) is 11.8. The molecule has 0 bridgehead atoms. The molecule has 0 atom stereocenters. The summed E-state index contributed by atoms with van der Waals surface area (Å²) in [5.41, 5.74) is 8.79. The number of nitrogens with zero attached hydrogens (tertiary/aromatic N) is 3. The molecule has 4 nitrogen and oxygen atoms in total. The van der Waals surface area contributed by atoms with E-state index in [0.29, 0.717) is 11.0 Å². The summed E-state index contributed by atoms with van der Waals surface area (Å²) < 4.78 is 1.81. The lowest BCUT2D eigenvalue weighted by molar-refractivity contribution is 1.05. The monoisotopic (exact) mass is 358 g/mol. The maximum atomic E-state index is 6.06. The van der Waals surface area contributed by atoms with Gasteiger partial charge in [0.25, 0.3) is 0 Å². The average Bonchev–Trinajstić information content (AvgIpc) is 3.27. The number of imidazole rings is 1. The van der Waals surface area contributed by atoms with Crippen LogP contribution < -0.4 is 5.73 Å². The Kier molecular flexibility index (Phi) is 3.65. The molecule has 0 fully saturated rings. The van der Waals surface area contributed by atoms with Crippen molar-refractivity contribution in [1.29, 1.82) is 0 Å². The van der Waals surface area contributed by atoms with Gasteiger partial charge in [-0.2, -0.15) is 0 Å². The van der Waals surface area contributed by atoms with Gasteiger partial charge in [0.2, 0.25) is 5.95 Å². The minimum atomic E-state index is 0.419. The first-order chi connectivity index (χ1) is 11.2. The van der Waals surface area contributed by atoms with Gasteiger partial charge in [-0.25, -0.2) is 9.97 Å². The van der Waals surface area contributed by atoms with Gasteiger partial charge in [0.1, 0.15) is 0 Å². The highest BCUT2D eigenvalue weighted by molar-refractivity contribution is 7.15. The third-order valence-electron chi connectivity index (χ3n) is 3.34. The lowest BCUT2D eigenvalue weighted by atomic mass is 10.2. The Morgan fingerprint density at radius 1 is 1.00 bits per heavy atom. The molecule has 3 heterocycles.